The predicted octanol–water partition coefficient (Wildman–Crippen LogP) is 1.86. The Morgan fingerprint density at radius 2 is 2.19 bits per heavy atom. The molecule has 0 saturated carbocycles. The molecule has 0 radical (unpaired) electrons. The summed E-state index contributed by atoms with van der Waals surface area (Å²) >= 11 is 1.62. The molecule has 3 N–H and O–H groups in total. The Balaban J connectivity index is 1.99. The molecule has 0 aliphatic carbocycles. The smallest absolute Gasteiger partial charge is 0.208 e. The molecule has 2 aromatic rings. The number of aromatic nitrogens is 3. The summed E-state index contributed by atoms with van der Waals surface area (Å²) in [6, 6.07) is 8.27. The number of benzene rings is 1. The van der Waals surface area contributed by atoms with Crippen molar-refractivity contribution < 1.29 is 0 Å². The van der Waals surface area contributed by atoms with Crippen LogP contribution in [-0.4, -0.2) is 15.2 Å². The standard InChI is InChI=1S/C11H14N4S/c1-8-13-11(15-14-8)16-7-10-4-2-3-9(5-10)6-12/h2-5H,6-7,12H2,1H3,(H,13,14,15). The molecule has 0 atom stereocenters. The van der Waals surface area contributed by atoms with E-state index in [0.717, 1.165) is 22.3 Å². The fourth-order valence-electron chi connectivity index (χ4n) is 1.38. The quantitative estimate of drug-likeness (QED) is 0.792. The number of thioether (sulfide) groups is 1. The third kappa shape index (κ3) is 2.84. The first-order chi connectivity index (χ1) is 7.78. The van der Waals surface area contributed by atoms with Gasteiger partial charge in [-0.1, -0.05) is 36.0 Å². The monoisotopic (exact) mass is 234 g/mol. The second kappa shape index (κ2) is 5.14. The molecule has 1 aromatic heterocycles. The minimum Gasteiger partial charge on any atom is -0.326 e. The first kappa shape index (κ1) is 11.2. The Kier molecular flexibility index (Phi) is 3.58. The van der Waals surface area contributed by atoms with Gasteiger partial charge in [-0.05, 0) is 18.1 Å². The van der Waals surface area contributed by atoms with Crippen LogP contribution in [0.5, 0.6) is 0 Å². The Hall–Kier alpha value is -1.33. The van der Waals surface area contributed by atoms with Crippen LogP contribution in [-0.2, 0) is 12.3 Å². The lowest BCUT2D eigenvalue weighted by molar-refractivity contribution is 0.969. The van der Waals surface area contributed by atoms with Crippen molar-refractivity contribution in [2.45, 2.75) is 24.4 Å². The van der Waals surface area contributed by atoms with Crippen molar-refractivity contribution in [3.63, 3.8) is 0 Å². The predicted molar refractivity (Wildman–Crippen MR) is 65.0 cm³/mol. The van der Waals surface area contributed by atoms with Gasteiger partial charge in [-0.2, -0.15) is 0 Å². The van der Waals surface area contributed by atoms with E-state index in [1.54, 1.807) is 11.8 Å². The van der Waals surface area contributed by atoms with Gasteiger partial charge in [0.25, 0.3) is 0 Å². The molecule has 16 heavy (non-hydrogen) atoms. The van der Waals surface area contributed by atoms with Crippen LogP contribution >= 0.6 is 11.8 Å². The fourth-order valence-corrected chi connectivity index (χ4v) is 2.17. The molecule has 0 spiro atoms. The van der Waals surface area contributed by atoms with Crippen LogP contribution < -0.4 is 5.73 Å². The molecule has 0 bridgehead atoms. The maximum Gasteiger partial charge on any atom is 0.208 e. The lowest BCUT2D eigenvalue weighted by atomic mass is 10.1. The lowest BCUT2D eigenvalue weighted by Gasteiger charge is -2.01. The molecule has 4 nitrogen and oxygen atoms in total. The van der Waals surface area contributed by atoms with Crippen molar-refractivity contribution in [1.82, 2.24) is 15.2 Å². The van der Waals surface area contributed by atoms with Crippen LogP contribution in [0.1, 0.15) is 17.0 Å². The van der Waals surface area contributed by atoms with Crippen molar-refractivity contribution in [3.05, 3.63) is 41.2 Å². The van der Waals surface area contributed by atoms with E-state index < -0.39 is 0 Å². The van der Waals surface area contributed by atoms with Crippen molar-refractivity contribution in [2.75, 3.05) is 0 Å². The van der Waals surface area contributed by atoms with E-state index in [4.69, 9.17) is 5.73 Å². The summed E-state index contributed by atoms with van der Waals surface area (Å²) in [7, 11) is 0. The SMILES string of the molecule is Cc1nc(SCc2cccc(CN)c2)n[nH]1. The van der Waals surface area contributed by atoms with Gasteiger partial charge in [0, 0.05) is 12.3 Å². The highest BCUT2D eigenvalue weighted by Crippen LogP contribution is 2.19. The summed E-state index contributed by atoms with van der Waals surface area (Å²) in [5, 5.41) is 7.69. The van der Waals surface area contributed by atoms with E-state index in [2.05, 4.69) is 27.3 Å². The van der Waals surface area contributed by atoms with Gasteiger partial charge in [-0.25, -0.2) is 4.98 Å². The van der Waals surface area contributed by atoms with Crippen LogP contribution in [0.2, 0.25) is 0 Å². The molecule has 1 heterocycles. The zero-order chi connectivity index (χ0) is 11.4. The zero-order valence-electron chi connectivity index (χ0n) is 9.10. The molecule has 5 heteroatoms. The van der Waals surface area contributed by atoms with E-state index in [1.165, 1.54) is 5.56 Å². The number of nitrogens with zero attached hydrogens (tertiary/aromatic N) is 2. The molecule has 0 fully saturated rings. The van der Waals surface area contributed by atoms with Crippen molar-refractivity contribution in [1.29, 1.82) is 0 Å². The van der Waals surface area contributed by atoms with E-state index in [1.807, 2.05) is 19.1 Å². The maximum absolute atomic E-state index is 5.59. The molecular formula is C11H14N4S. The van der Waals surface area contributed by atoms with Gasteiger partial charge in [-0.3, -0.25) is 5.10 Å². The van der Waals surface area contributed by atoms with Crippen LogP contribution in [0.15, 0.2) is 29.4 Å². The lowest BCUT2D eigenvalue weighted by Crippen LogP contribution is -1.96. The average Bonchev–Trinajstić information content (AvgIpc) is 2.73. The number of nitrogens with one attached hydrogen (secondary N) is 1. The molecule has 2 rings (SSSR count). The molecule has 84 valence electrons. The Labute approximate surface area is 98.7 Å². The number of hydrogen-bond acceptors (Lipinski definition) is 4. The van der Waals surface area contributed by atoms with Crippen LogP contribution in [0.3, 0.4) is 0 Å². The minimum absolute atomic E-state index is 0.582. The van der Waals surface area contributed by atoms with Gasteiger partial charge >= 0.3 is 0 Å². The topological polar surface area (TPSA) is 67.6 Å². The molecule has 0 saturated heterocycles. The van der Waals surface area contributed by atoms with Gasteiger partial charge in [0.1, 0.15) is 5.82 Å². The fraction of sp³-hybridized carbons (Fsp3) is 0.273. The molecule has 1 aromatic carbocycles. The number of aromatic amines is 1. The average molecular weight is 234 g/mol. The Morgan fingerprint density at radius 3 is 2.88 bits per heavy atom. The van der Waals surface area contributed by atoms with Crippen LogP contribution in [0.25, 0.3) is 0 Å². The number of aryl methyl sites for hydroxylation is 1. The number of hydrogen-bond donors (Lipinski definition) is 2. The Morgan fingerprint density at radius 1 is 1.38 bits per heavy atom. The van der Waals surface area contributed by atoms with Crippen LogP contribution in [0.4, 0.5) is 0 Å². The minimum atomic E-state index is 0.582. The molecule has 0 unspecified atom stereocenters. The van der Waals surface area contributed by atoms with E-state index in [-0.39, 0.29) is 0 Å². The van der Waals surface area contributed by atoms with Gasteiger partial charge in [0.2, 0.25) is 5.16 Å². The zero-order valence-corrected chi connectivity index (χ0v) is 9.92. The van der Waals surface area contributed by atoms with Crippen molar-refractivity contribution >= 4 is 11.8 Å². The summed E-state index contributed by atoms with van der Waals surface area (Å²) in [6.07, 6.45) is 0. The van der Waals surface area contributed by atoms with Crippen molar-refractivity contribution in [3.8, 4) is 0 Å². The number of rotatable bonds is 4. The van der Waals surface area contributed by atoms with E-state index in [0.29, 0.717) is 6.54 Å². The first-order valence-corrected chi connectivity index (χ1v) is 6.06. The van der Waals surface area contributed by atoms with Gasteiger partial charge < -0.3 is 5.73 Å². The normalized spacial score (nSPS) is 10.6. The molecule has 0 aliphatic rings. The summed E-state index contributed by atoms with van der Waals surface area (Å²) < 4.78 is 0. The maximum atomic E-state index is 5.59. The largest absolute Gasteiger partial charge is 0.326 e. The third-order valence-corrected chi connectivity index (χ3v) is 3.09. The van der Waals surface area contributed by atoms with Gasteiger partial charge in [0.05, 0.1) is 0 Å². The second-order valence-corrected chi connectivity index (χ2v) is 4.46. The molecule has 0 amide bonds. The highest BCUT2D eigenvalue weighted by Gasteiger charge is 2.01. The van der Waals surface area contributed by atoms with Gasteiger partial charge in [-0.15, -0.1) is 5.10 Å². The second-order valence-electron chi connectivity index (χ2n) is 3.52. The van der Waals surface area contributed by atoms with Gasteiger partial charge in [0.15, 0.2) is 0 Å². The molecule has 0 aliphatic heterocycles. The first-order valence-electron chi connectivity index (χ1n) is 5.07. The summed E-state index contributed by atoms with van der Waals surface area (Å²) in [4.78, 5) is 4.24. The highest BCUT2D eigenvalue weighted by atomic mass is 32.2. The van der Waals surface area contributed by atoms with E-state index in [9.17, 15) is 0 Å². The van der Waals surface area contributed by atoms with E-state index >= 15 is 0 Å². The Bertz CT molecular complexity index is 467. The number of H-pyrrole nitrogens is 1. The van der Waals surface area contributed by atoms with Crippen molar-refractivity contribution in [2.24, 2.45) is 5.73 Å². The summed E-state index contributed by atoms with van der Waals surface area (Å²) in [6.45, 7) is 2.48. The number of nitrogens with two attached hydrogens (primary N) is 1. The third-order valence-electron chi connectivity index (χ3n) is 2.17. The highest BCUT2D eigenvalue weighted by molar-refractivity contribution is 7.98. The molecular weight excluding hydrogens is 220 g/mol. The van der Waals surface area contributed by atoms with Crippen LogP contribution in [0, 0.1) is 6.92 Å². The summed E-state index contributed by atoms with van der Waals surface area (Å²) in [5.41, 5.74) is 8.00. The summed E-state index contributed by atoms with van der Waals surface area (Å²) in [5.74, 6) is 1.71.